The lowest BCUT2D eigenvalue weighted by molar-refractivity contribution is 0.303. The Balaban J connectivity index is 2.45. The summed E-state index contributed by atoms with van der Waals surface area (Å²) >= 11 is 0. The Morgan fingerprint density at radius 2 is 2.10 bits per heavy atom. The van der Waals surface area contributed by atoms with Gasteiger partial charge in [-0.3, -0.25) is 4.79 Å². The Kier molecular flexibility index (Phi) is 3.12. The largest absolute Gasteiger partial charge is 0.395 e. The number of anilines is 1. The summed E-state index contributed by atoms with van der Waals surface area (Å²) in [6.07, 6.45) is 1.53. The van der Waals surface area contributed by atoms with E-state index in [2.05, 4.69) is 4.98 Å². The second-order valence-corrected chi connectivity index (χ2v) is 4.68. The number of likely N-dealkylation sites (N-methyl/N-ethyl adjacent to an activating group) is 1. The summed E-state index contributed by atoms with van der Waals surface area (Å²) in [6, 6.07) is 11.2. The van der Waals surface area contributed by atoms with Gasteiger partial charge in [-0.2, -0.15) is 0 Å². The lowest BCUT2D eigenvalue weighted by Gasteiger charge is -2.21. The van der Waals surface area contributed by atoms with E-state index in [9.17, 15) is 4.79 Å². The number of pyridine rings is 1. The molecule has 0 aliphatic carbocycles. The van der Waals surface area contributed by atoms with E-state index >= 15 is 0 Å². The molecular formula is C15H15N3O2. The maximum atomic E-state index is 12.2. The highest BCUT2D eigenvalue weighted by atomic mass is 16.3. The van der Waals surface area contributed by atoms with Gasteiger partial charge in [0, 0.05) is 31.2 Å². The van der Waals surface area contributed by atoms with Crippen molar-refractivity contribution in [1.82, 2.24) is 9.38 Å². The van der Waals surface area contributed by atoms with Crippen LogP contribution in [0, 0.1) is 0 Å². The van der Waals surface area contributed by atoms with Gasteiger partial charge in [-0.15, -0.1) is 0 Å². The van der Waals surface area contributed by atoms with E-state index in [0.717, 1.165) is 16.6 Å². The standard InChI is InChI=1S/C15H15N3O2/c1-17(8-9-19)13-10-11-4-2-3-5-12(11)15-16-7-6-14(20)18(13)15/h2-7,10,19H,8-9H2,1H3. The molecule has 0 unspecified atom stereocenters. The Labute approximate surface area is 115 Å². The fraction of sp³-hybridized carbons (Fsp3) is 0.200. The monoisotopic (exact) mass is 269 g/mol. The molecular weight excluding hydrogens is 254 g/mol. The zero-order valence-electron chi connectivity index (χ0n) is 11.2. The molecule has 3 rings (SSSR count). The first-order valence-electron chi connectivity index (χ1n) is 6.44. The van der Waals surface area contributed by atoms with Crippen molar-refractivity contribution in [2.45, 2.75) is 0 Å². The van der Waals surface area contributed by atoms with Gasteiger partial charge >= 0.3 is 0 Å². The number of hydrogen-bond acceptors (Lipinski definition) is 4. The van der Waals surface area contributed by atoms with Gasteiger partial charge in [-0.05, 0) is 11.5 Å². The molecule has 0 bridgehead atoms. The van der Waals surface area contributed by atoms with E-state index in [1.165, 1.54) is 12.3 Å². The van der Waals surface area contributed by atoms with Crippen LogP contribution in [0.4, 0.5) is 5.82 Å². The van der Waals surface area contributed by atoms with Crippen LogP contribution in [-0.4, -0.2) is 34.7 Å². The van der Waals surface area contributed by atoms with E-state index in [4.69, 9.17) is 5.11 Å². The van der Waals surface area contributed by atoms with E-state index in [1.54, 1.807) is 4.40 Å². The highest BCUT2D eigenvalue weighted by molar-refractivity contribution is 5.95. The maximum Gasteiger partial charge on any atom is 0.259 e. The molecule has 2 aromatic heterocycles. The number of aliphatic hydroxyl groups is 1. The Morgan fingerprint density at radius 1 is 1.30 bits per heavy atom. The molecule has 0 saturated carbocycles. The average molecular weight is 269 g/mol. The maximum absolute atomic E-state index is 12.2. The van der Waals surface area contributed by atoms with Crippen molar-refractivity contribution in [3.63, 3.8) is 0 Å². The summed E-state index contributed by atoms with van der Waals surface area (Å²) < 4.78 is 1.58. The van der Waals surface area contributed by atoms with Crippen molar-refractivity contribution in [1.29, 1.82) is 0 Å². The Bertz CT molecular complexity index is 826. The van der Waals surface area contributed by atoms with E-state index in [-0.39, 0.29) is 12.2 Å². The van der Waals surface area contributed by atoms with E-state index in [0.29, 0.717) is 12.2 Å². The van der Waals surface area contributed by atoms with Gasteiger partial charge in [-0.1, -0.05) is 24.3 Å². The first-order chi connectivity index (χ1) is 9.72. The third-order valence-electron chi connectivity index (χ3n) is 3.39. The second-order valence-electron chi connectivity index (χ2n) is 4.68. The normalized spacial score (nSPS) is 11.1. The molecule has 0 fully saturated rings. The third kappa shape index (κ3) is 1.92. The molecule has 5 nitrogen and oxygen atoms in total. The smallest absolute Gasteiger partial charge is 0.259 e. The van der Waals surface area contributed by atoms with Crippen LogP contribution in [0.5, 0.6) is 0 Å². The first kappa shape index (κ1) is 12.6. The molecule has 3 aromatic rings. The van der Waals surface area contributed by atoms with Gasteiger partial charge in [0.05, 0.1) is 6.61 Å². The minimum atomic E-state index is -0.124. The molecule has 2 heterocycles. The number of nitrogens with zero attached hydrogens (tertiary/aromatic N) is 3. The first-order valence-corrected chi connectivity index (χ1v) is 6.44. The van der Waals surface area contributed by atoms with Crippen molar-refractivity contribution in [3.8, 4) is 0 Å². The van der Waals surface area contributed by atoms with E-state index in [1.807, 2.05) is 42.3 Å². The average Bonchev–Trinajstić information content (AvgIpc) is 2.47. The highest BCUT2D eigenvalue weighted by Gasteiger charge is 2.11. The minimum Gasteiger partial charge on any atom is -0.395 e. The van der Waals surface area contributed by atoms with Crippen LogP contribution >= 0.6 is 0 Å². The fourth-order valence-electron chi connectivity index (χ4n) is 2.40. The number of aromatic nitrogens is 2. The molecule has 0 radical (unpaired) electrons. The summed E-state index contributed by atoms with van der Waals surface area (Å²) in [5, 5.41) is 11.1. The van der Waals surface area contributed by atoms with Crippen molar-refractivity contribution in [3.05, 3.63) is 52.9 Å². The third-order valence-corrected chi connectivity index (χ3v) is 3.39. The molecule has 0 spiro atoms. The highest BCUT2D eigenvalue weighted by Crippen LogP contribution is 2.23. The van der Waals surface area contributed by atoms with Crippen molar-refractivity contribution in [2.75, 3.05) is 25.1 Å². The van der Waals surface area contributed by atoms with Crippen LogP contribution < -0.4 is 10.5 Å². The van der Waals surface area contributed by atoms with Crippen LogP contribution in [0.3, 0.4) is 0 Å². The van der Waals surface area contributed by atoms with Crippen LogP contribution in [0.25, 0.3) is 16.4 Å². The topological polar surface area (TPSA) is 57.8 Å². The number of rotatable bonds is 3. The molecule has 102 valence electrons. The lowest BCUT2D eigenvalue weighted by atomic mass is 10.1. The molecule has 0 atom stereocenters. The Hall–Kier alpha value is -2.40. The number of benzene rings is 1. The van der Waals surface area contributed by atoms with Gasteiger partial charge in [0.15, 0.2) is 0 Å². The second kappa shape index (κ2) is 4.94. The number of fused-ring (bicyclic) bond motifs is 3. The molecule has 1 N–H and O–H groups in total. The SMILES string of the molecule is CN(CCO)c1cc2ccccc2c2nccc(=O)n12. The van der Waals surface area contributed by atoms with Crippen LogP contribution in [0.1, 0.15) is 0 Å². The summed E-state index contributed by atoms with van der Waals surface area (Å²) in [7, 11) is 1.85. The lowest BCUT2D eigenvalue weighted by Crippen LogP contribution is -2.27. The van der Waals surface area contributed by atoms with Crippen LogP contribution in [-0.2, 0) is 0 Å². The zero-order valence-corrected chi connectivity index (χ0v) is 11.2. The van der Waals surface area contributed by atoms with Crippen LogP contribution in [0.15, 0.2) is 47.4 Å². The van der Waals surface area contributed by atoms with Crippen molar-refractivity contribution < 1.29 is 5.11 Å². The van der Waals surface area contributed by atoms with Gasteiger partial charge in [0.2, 0.25) is 0 Å². The van der Waals surface area contributed by atoms with E-state index < -0.39 is 0 Å². The predicted molar refractivity (Wildman–Crippen MR) is 79.3 cm³/mol. The number of hydrogen-bond donors (Lipinski definition) is 1. The molecule has 1 aromatic carbocycles. The summed E-state index contributed by atoms with van der Waals surface area (Å²) in [4.78, 5) is 18.4. The van der Waals surface area contributed by atoms with Gasteiger partial charge in [0.25, 0.3) is 5.56 Å². The molecule has 0 saturated heterocycles. The summed E-state index contributed by atoms with van der Waals surface area (Å²) in [5.74, 6) is 0.728. The van der Waals surface area contributed by atoms with Crippen molar-refractivity contribution in [2.24, 2.45) is 0 Å². The summed E-state index contributed by atoms with van der Waals surface area (Å²) in [5.41, 5.74) is 0.510. The quantitative estimate of drug-likeness (QED) is 0.728. The van der Waals surface area contributed by atoms with Gasteiger partial charge in [0.1, 0.15) is 11.5 Å². The molecule has 5 heteroatoms. The number of aliphatic hydroxyl groups excluding tert-OH is 1. The minimum absolute atomic E-state index is 0.0276. The van der Waals surface area contributed by atoms with Crippen molar-refractivity contribution >= 4 is 22.2 Å². The van der Waals surface area contributed by atoms with Gasteiger partial charge < -0.3 is 10.0 Å². The fourth-order valence-corrected chi connectivity index (χ4v) is 2.40. The Morgan fingerprint density at radius 3 is 2.90 bits per heavy atom. The molecule has 20 heavy (non-hydrogen) atoms. The van der Waals surface area contributed by atoms with Gasteiger partial charge in [-0.25, -0.2) is 9.38 Å². The predicted octanol–water partition coefficient (Wildman–Crippen LogP) is 1.28. The molecule has 0 amide bonds. The molecule has 0 aliphatic rings. The molecule has 0 aliphatic heterocycles. The zero-order chi connectivity index (χ0) is 14.1. The van der Waals surface area contributed by atoms with Crippen LogP contribution in [0.2, 0.25) is 0 Å². The summed E-state index contributed by atoms with van der Waals surface area (Å²) in [6.45, 7) is 0.481.